The fourth-order valence-corrected chi connectivity index (χ4v) is 1.15. The van der Waals surface area contributed by atoms with Crippen LogP contribution < -0.4 is 5.73 Å². The van der Waals surface area contributed by atoms with Gasteiger partial charge < -0.3 is 10.5 Å². The lowest BCUT2D eigenvalue weighted by molar-refractivity contribution is -0.117. The molecule has 0 aliphatic rings. The predicted molar refractivity (Wildman–Crippen MR) is 51.2 cm³/mol. The predicted octanol–water partition coefficient (Wildman–Crippen LogP) is 1.22. The molecule has 4 heteroatoms. The summed E-state index contributed by atoms with van der Waals surface area (Å²) in [4.78, 5) is 10.6. The first-order valence-corrected chi connectivity index (χ1v) is 4.46. The Morgan fingerprint density at radius 1 is 1.62 bits per heavy atom. The Morgan fingerprint density at radius 2 is 2.38 bits per heavy atom. The SMILES string of the molecule is CC(=O)CCCCn1cc(N)cn1. The minimum atomic E-state index is 0.250. The Labute approximate surface area is 77.7 Å². The summed E-state index contributed by atoms with van der Waals surface area (Å²) in [7, 11) is 0. The molecule has 4 nitrogen and oxygen atoms in total. The van der Waals surface area contributed by atoms with Crippen LogP contribution in [-0.4, -0.2) is 15.6 Å². The van der Waals surface area contributed by atoms with Gasteiger partial charge in [-0.1, -0.05) is 0 Å². The average Bonchev–Trinajstić information content (AvgIpc) is 2.45. The highest BCUT2D eigenvalue weighted by atomic mass is 16.1. The van der Waals surface area contributed by atoms with E-state index in [1.807, 2.05) is 0 Å². The zero-order valence-corrected chi connectivity index (χ0v) is 7.86. The van der Waals surface area contributed by atoms with Gasteiger partial charge in [-0.25, -0.2) is 0 Å². The van der Waals surface area contributed by atoms with Crippen LogP contribution in [0.15, 0.2) is 12.4 Å². The molecule has 1 heterocycles. The molecule has 0 aromatic carbocycles. The van der Waals surface area contributed by atoms with Crippen LogP contribution in [0.5, 0.6) is 0 Å². The first kappa shape index (κ1) is 9.77. The van der Waals surface area contributed by atoms with Gasteiger partial charge in [0.15, 0.2) is 0 Å². The molecule has 72 valence electrons. The molecule has 0 aliphatic carbocycles. The molecule has 0 radical (unpaired) electrons. The first-order valence-electron chi connectivity index (χ1n) is 4.46. The smallest absolute Gasteiger partial charge is 0.129 e. The van der Waals surface area contributed by atoms with Crippen LogP contribution in [-0.2, 0) is 11.3 Å². The summed E-state index contributed by atoms with van der Waals surface area (Å²) in [5.41, 5.74) is 6.18. The van der Waals surface area contributed by atoms with E-state index in [9.17, 15) is 4.79 Å². The van der Waals surface area contributed by atoms with Gasteiger partial charge in [-0.15, -0.1) is 0 Å². The molecule has 2 N–H and O–H groups in total. The van der Waals surface area contributed by atoms with Gasteiger partial charge in [0.25, 0.3) is 0 Å². The lowest BCUT2D eigenvalue weighted by Crippen LogP contribution is -1.99. The van der Waals surface area contributed by atoms with Crippen molar-refractivity contribution in [2.24, 2.45) is 0 Å². The third kappa shape index (κ3) is 3.73. The highest BCUT2D eigenvalue weighted by molar-refractivity contribution is 5.75. The van der Waals surface area contributed by atoms with Crippen molar-refractivity contribution in [1.82, 2.24) is 9.78 Å². The van der Waals surface area contributed by atoms with Crippen LogP contribution >= 0.6 is 0 Å². The molecule has 0 fully saturated rings. The van der Waals surface area contributed by atoms with Crippen LogP contribution in [0.4, 0.5) is 5.69 Å². The van der Waals surface area contributed by atoms with E-state index in [1.165, 1.54) is 0 Å². The maximum Gasteiger partial charge on any atom is 0.129 e. The van der Waals surface area contributed by atoms with Crippen LogP contribution in [0.1, 0.15) is 26.2 Å². The van der Waals surface area contributed by atoms with Gasteiger partial charge in [0.05, 0.1) is 11.9 Å². The molecule has 0 saturated heterocycles. The lowest BCUT2D eigenvalue weighted by atomic mass is 10.2. The largest absolute Gasteiger partial charge is 0.396 e. The van der Waals surface area contributed by atoms with E-state index < -0.39 is 0 Å². The van der Waals surface area contributed by atoms with Crippen molar-refractivity contribution >= 4 is 11.5 Å². The second-order valence-electron chi connectivity index (χ2n) is 3.20. The maximum atomic E-state index is 10.6. The molecule has 0 aliphatic heterocycles. The van der Waals surface area contributed by atoms with E-state index in [0.29, 0.717) is 12.1 Å². The van der Waals surface area contributed by atoms with Crippen molar-refractivity contribution in [3.05, 3.63) is 12.4 Å². The molecule has 1 rings (SSSR count). The molecule has 0 unspecified atom stereocenters. The standard InChI is InChI=1S/C9H15N3O/c1-8(13)4-2-3-5-12-7-9(10)6-11-12/h6-7H,2-5,10H2,1H3. The number of ketones is 1. The zero-order chi connectivity index (χ0) is 9.68. The monoisotopic (exact) mass is 181 g/mol. The Balaban J connectivity index is 2.16. The number of nitrogen functional groups attached to an aromatic ring is 1. The Bertz CT molecular complexity index is 280. The summed E-state index contributed by atoms with van der Waals surface area (Å²) in [6.07, 6.45) is 5.99. The van der Waals surface area contributed by atoms with Gasteiger partial charge in [-0.3, -0.25) is 4.68 Å². The minimum Gasteiger partial charge on any atom is -0.396 e. The lowest BCUT2D eigenvalue weighted by Gasteiger charge is -1.99. The van der Waals surface area contributed by atoms with Crippen LogP contribution in [0.3, 0.4) is 0 Å². The number of rotatable bonds is 5. The number of aromatic nitrogens is 2. The quantitative estimate of drug-likeness (QED) is 0.695. The van der Waals surface area contributed by atoms with Crippen LogP contribution in [0, 0.1) is 0 Å². The second-order valence-corrected chi connectivity index (χ2v) is 3.20. The van der Waals surface area contributed by atoms with Crippen LogP contribution in [0.2, 0.25) is 0 Å². The zero-order valence-electron chi connectivity index (χ0n) is 7.86. The average molecular weight is 181 g/mol. The molecule has 0 spiro atoms. The molecule has 0 amide bonds. The number of carbonyl (C=O) groups excluding carboxylic acids is 1. The number of unbranched alkanes of at least 4 members (excludes halogenated alkanes) is 1. The van der Waals surface area contributed by atoms with E-state index in [4.69, 9.17) is 5.73 Å². The van der Waals surface area contributed by atoms with Crippen molar-refractivity contribution in [3.8, 4) is 0 Å². The molecule has 1 aromatic rings. The summed E-state index contributed by atoms with van der Waals surface area (Å²) < 4.78 is 1.80. The highest BCUT2D eigenvalue weighted by Gasteiger charge is 1.96. The van der Waals surface area contributed by atoms with Crippen molar-refractivity contribution in [2.75, 3.05) is 5.73 Å². The van der Waals surface area contributed by atoms with E-state index in [2.05, 4.69) is 5.10 Å². The Hall–Kier alpha value is -1.32. The van der Waals surface area contributed by atoms with Gasteiger partial charge in [0.1, 0.15) is 5.78 Å². The summed E-state index contributed by atoms with van der Waals surface area (Å²) in [5, 5.41) is 4.04. The van der Waals surface area contributed by atoms with Gasteiger partial charge in [0.2, 0.25) is 0 Å². The molecular weight excluding hydrogens is 166 g/mol. The third-order valence-electron chi connectivity index (χ3n) is 1.82. The molecule has 0 atom stereocenters. The Morgan fingerprint density at radius 3 is 2.92 bits per heavy atom. The summed E-state index contributed by atoms with van der Waals surface area (Å²) in [5.74, 6) is 0.250. The summed E-state index contributed by atoms with van der Waals surface area (Å²) >= 11 is 0. The van der Waals surface area contributed by atoms with Crippen molar-refractivity contribution in [1.29, 1.82) is 0 Å². The number of hydrogen-bond acceptors (Lipinski definition) is 3. The number of carbonyl (C=O) groups is 1. The Kier molecular flexibility index (Phi) is 3.49. The highest BCUT2D eigenvalue weighted by Crippen LogP contribution is 2.02. The van der Waals surface area contributed by atoms with Crippen molar-refractivity contribution in [3.63, 3.8) is 0 Å². The fraction of sp³-hybridized carbons (Fsp3) is 0.556. The molecule has 13 heavy (non-hydrogen) atoms. The van der Waals surface area contributed by atoms with Crippen molar-refractivity contribution in [2.45, 2.75) is 32.7 Å². The third-order valence-corrected chi connectivity index (χ3v) is 1.82. The van der Waals surface area contributed by atoms with Gasteiger partial charge >= 0.3 is 0 Å². The molecule has 0 bridgehead atoms. The number of anilines is 1. The van der Waals surface area contributed by atoms with Crippen LogP contribution in [0.25, 0.3) is 0 Å². The van der Waals surface area contributed by atoms with Crippen molar-refractivity contribution < 1.29 is 4.79 Å². The summed E-state index contributed by atoms with van der Waals surface area (Å²) in [6.45, 7) is 2.45. The van der Waals surface area contributed by atoms with E-state index >= 15 is 0 Å². The maximum absolute atomic E-state index is 10.6. The van der Waals surface area contributed by atoms with Gasteiger partial charge in [-0.2, -0.15) is 5.10 Å². The van der Waals surface area contributed by atoms with Gasteiger partial charge in [-0.05, 0) is 19.8 Å². The molecular formula is C9H15N3O. The number of nitrogens with two attached hydrogens (primary N) is 1. The number of hydrogen-bond donors (Lipinski definition) is 1. The van der Waals surface area contributed by atoms with E-state index in [1.54, 1.807) is 24.0 Å². The number of Topliss-reactive ketones (excluding diaryl/α,β-unsaturated/α-hetero) is 1. The first-order chi connectivity index (χ1) is 6.18. The fourth-order valence-electron chi connectivity index (χ4n) is 1.15. The topological polar surface area (TPSA) is 60.9 Å². The minimum absolute atomic E-state index is 0.250. The molecule has 1 aromatic heterocycles. The second kappa shape index (κ2) is 4.64. The van der Waals surface area contributed by atoms with E-state index in [-0.39, 0.29) is 5.78 Å². The normalized spacial score (nSPS) is 10.2. The number of aryl methyl sites for hydroxylation is 1. The van der Waals surface area contributed by atoms with Gasteiger partial charge in [0, 0.05) is 19.2 Å². The summed E-state index contributed by atoms with van der Waals surface area (Å²) in [6, 6.07) is 0. The number of nitrogens with zero attached hydrogens (tertiary/aromatic N) is 2. The molecule has 0 saturated carbocycles. The van der Waals surface area contributed by atoms with E-state index in [0.717, 1.165) is 19.4 Å².